The SMILES string of the molecule is CC(C)(C)c1ccc2c(c1)[CH]([Zr+2][C]1=CC=CC1=C(c1ccc(Cl)c3ccccc13)c1ccc(Cl)c3ccccc13)c1cc(C(C)(C)C)ccc1-2.[Cl-].[Cl-]. The van der Waals surface area contributed by atoms with Crippen LogP contribution in [-0.2, 0) is 34.1 Å². The van der Waals surface area contributed by atoms with E-state index >= 15 is 0 Å². The number of rotatable bonds is 4. The minimum atomic E-state index is -1.30. The molecule has 0 amide bonds. The second-order valence-corrected chi connectivity index (χ2v) is 20.0. The van der Waals surface area contributed by atoms with E-state index in [1.54, 1.807) is 0 Å². The maximum absolute atomic E-state index is 6.83. The zero-order valence-electron chi connectivity index (χ0n) is 30.2. The standard InChI is InChI=1S/C26H15Cl2.C21H25.2ClH.Zr/c27-24-15-13-22(18-9-3-5-11-20(18)24)26(17-7-1-2-8-17)23-14-16-25(28)21-12-6-4-10-19(21)23;1-20(2,3)16-7-9-18-14(12-16)11-15-13-17(21(4,5)6)8-10-19(15)18;;;/h1-7,9-16H;7-13H,1-6H3;2*1H;/q;;;;+2/p-2. The van der Waals surface area contributed by atoms with Gasteiger partial charge in [-0.05, 0) is 0 Å². The summed E-state index contributed by atoms with van der Waals surface area (Å²) in [5, 5.41) is 6.00. The average molecular weight is 838 g/mol. The van der Waals surface area contributed by atoms with Crippen LogP contribution in [0.1, 0.15) is 78.5 Å². The normalized spacial score (nSPS) is 13.7. The van der Waals surface area contributed by atoms with Crippen molar-refractivity contribution in [2.75, 3.05) is 0 Å². The molecule has 8 rings (SSSR count). The van der Waals surface area contributed by atoms with Gasteiger partial charge in [0.25, 0.3) is 0 Å². The molecule has 0 saturated carbocycles. The number of allylic oxidation sites excluding steroid dienone is 5. The van der Waals surface area contributed by atoms with Crippen molar-refractivity contribution in [3.63, 3.8) is 0 Å². The van der Waals surface area contributed by atoms with Crippen LogP contribution in [-0.4, -0.2) is 0 Å². The molecular weight excluding hydrogens is 798 g/mol. The van der Waals surface area contributed by atoms with E-state index in [9.17, 15) is 0 Å². The van der Waals surface area contributed by atoms with Crippen molar-refractivity contribution in [1.29, 1.82) is 0 Å². The molecule has 0 radical (unpaired) electrons. The summed E-state index contributed by atoms with van der Waals surface area (Å²) in [5.74, 6) is 0. The first-order valence-corrected chi connectivity index (χ1v) is 20.8. The second-order valence-electron chi connectivity index (χ2n) is 15.7. The maximum atomic E-state index is 6.83. The van der Waals surface area contributed by atoms with Crippen LogP contribution in [0.3, 0.4) is 0 Å². The molecule has 52 heavy (non-hydrogen) atoms. The fraction of sp³-hybridized carbons (Fsp3) is 0.191. The molecular formula is C47H40Cl4Zr. The van der Waals surface area contributed by atoms with Gasteiger partial charge in [0.1, 0.15) is 0 Å². The quantitative estimate of drug-likeness (QED) is 0.169. The van der Waals surface area contributed by atoms with Crippen LogP contribution in [0.25, 0.3) is 38.2 Å². The molecule has 0 bridgehead atoms. The smallest absolute Gasteiger partial charge is 1.00 e. The van der Waals surface area contributed by atoms with E-state index in [2.05, 4.69) is 169 Å². The van der Waals surface area contributed by atoms with Gasteiger partial charge in [-0.25, -0.2) is 0 Å². The van der Waals surface area contributed by atoms with Gasteiger partial charge in [0.2, 0.25) is 0 Å². The Labute approximate surface area is 342 Å². The van der Waals surface area contributed by atoms with Crippen LogP contribution in [0.2, 0.25) is 10.0 Å². The monoisotopic (exact) mass is 834 g/mol. The molecule has 6 aromatic carbocycles. The van der Waals surface area contributed by atoms with E-state index in [0.29, 0.717) is 3.63 Å². The molecule has 2 aliphatic carbocycles. The van der Waals surface area contributed by atoms with Gasteiger partial charge in [-0.1, -0.05) is 0 Å². The van der Waals surface area contributed by atoms with Crippen LogP contribution in [0.5, 0.6) is 0 Å². The van der Waals surface area contributed by atoms with Gasteiger partial charge >= 0.3 is 320 Å². The summed E-state index contributed by atoms with van der Waals surface area (Å²) in [4.78, 5) is 0. The minimum Gasteiger partial charge on any atom is -1.00 e. The third kappa shape index (κ3) is 6.83. The van der Waals surface area contributed by atoms with Gasteiger partial charge in [-0.2, -0.15) is 0 Å². The van der Waals surface area contributed by atoms with Gasteiger partial charge in [-0.15, -0.1) is 0 Å². The Kier molecular flexibility index (Phi) is 11.0. The molecule has 0 unspecified atom stereocenters. The molecule has 0 nitrogen and oxygen atoms in total. The van der Waals surface area contributed by atoms with Gasteiger partial charge in [0, 0.05) is 0 Å². The number of benzene rings is 6. The van der Waals surface area contributed by atoms with Crippen molar-refractivity contribution in [1.82, 2.24) is 0 Å². The van der Waals surface area contributed by atoms with E-state index in [1.807, 2.05) is 0 Å². The van der Waals surface area contributed by atoms with Crippen molar-refractivity contribution >= 4 is 50.3 Å². The summed E-state index contributed by atoms with van der Waals surface area (Å²) in [6.45, 7) is 14.0. The first-order valence-electron chi connectivity index (χ1n) is 17.4. The van der Waals surface area contributed by atoms with E-state index in [4.69, 9.17) is 23.2 Å². The van der Waals surface area contributed by atoms with E-state index in [1.165, 1.54) is 58.9 Å². The maximum Gasteiger partial charge on any atom is -1.00 e. The number of halogens is 4. The summed E-state index contributed by atoms with van der Waals surface area (Å²) < 4.78 is 1.91. The largest absolute Gasteiger partial charge is 1.00 e. The molecule has 6 aromatic rings. The summed E-state index contributed by atoms with van der Waals surface area (Å²) in [6, 6.07) is 40.2. The van der Waals surface area contributed by atoms with Crippen LogP contribution in [0.15, 0.2) is 136 Å². The Bertz CT molecular complexity index is 2300. The van der Waals surface area contributed by atoms with Gasteiger partial charge < -0.3 is 24.8 Å². The average Bonchev–Trinajstić information content (AvgIpc) is 3.68. The fourth-order valence-electron chi connectivity index (χ4n) is 7.67. The van der Waals surface area contributed by atoms with Gasteiger partial charge in [0.15, 0.2) is 0 Å². The molecule has 0 aliphatic heterocycles. The summed E-state index contributed by atoms with van der Waals surface area (Å²) in [6.07, 6.45) is 7.04. The Morgan fingerprint density at radius 2 is 1.00 bits per heavy atom. The van der Waals surface area contributed by atoms with Crippen molar-refractivity contribution in [3.05, 3.63) is 180 Å². The Morgan fingerprint density at radius 1 is 0.558 bits per heavy atom. The van der Waals surface area contributed by atoms with Crippen molar-refractivity contribution in [2.24, 2.45) is 0 Å². The van der Waals surface area contributed by atoms with Crippen LogP contribution >= 0.6 is 23.2 Å². The zero-order valence-corrected chi connectivity index (χ0v) is 35.7. The first-order chi connectivity index (χ1) is 23.9. The third-order valence-corrected chi connectivity index (χ3v) is 15.1. The minimum absolute atomic E-state index is 0. The van der Waals surface area contributed by atoms with Gasteiger partial charge in [0.05, 0.1) is 0 Å². The zero-order chi connectivity index (χ0) is 34.9. The second kappa shape index (κ2) is 14.7. The molecule has 0 fully saturated rings. The summed E-state index contributed by atoms with van der Waals surface area (Å²) >= 11 is 12.4. The number of fused-ring (bicyclic) bond motifs is 5. The molecule has 2 aliphatic rings. The third-order valence-electron chi connectivity index (χ3n) is 10.4. The molecule has 0 atom stereocenters. The van der Waals surface area contributed by atoms with Crippen molar-refractivity contribution in [3.8, 4) is 11.1 Å². The molecule has 0 aromatic heterocycles. The predicted molar refractivity (Wildman–Crippen MR) is 212 cm³/mol. The molecule has 5 heteroatoms. The summed E-state index contributed by atoms with van der Waals surface area (Å²) in [5.41, 5.74) is 13.7. The Morgan fingerprint density at radius 3 is 1.44 bits per heavy atom. The van der Waals surface area contributed by atoms with Crippen LogP contribution < -0.4 is 24.8 Å². The van der Waals surface area contributed by atoms with Gasteiger partial charge in [-0.3, -0.25) is 0 Å². The van der Waals surface area contributed by atoms with Crippen molar-refractivity contribution < 1.29 is 48.0 Å². The van der Waals surface area contributed by atoms with Crippen LogP contribution in [0.4, 0.5) is 0 Å². The number of hydrogen-bond donors (Lipinski definition) is 0. The predicted octanol–water partition coefficient (Wildman–Crippen LogP) is 8.01. The first kappa shape index (κ1) is 38.8. The Hall–Kier alpha value is -2.90. The molecule has 0 heterocycles. The van der Waals surface area contributed by atoms with E-state index in [0.717, 1.165) is 31.6 Å². The molecule has 0 N–H and O–H groups in total. The topological polar surface area (TPSA) is 0 Å². The molecule has 260 valence electrons. The number of hydrogen-bond acceptors (Lipinski definition) is 0. The molecule has 0 spiro atoms. The Balaban J connectivity index is 0.00000232. The summed E-state index contributed by atoms with van der Waals surface area (Å²) in [7, 11) is 0. The van der Waals surface area contributed by atoms with Crippen LogP contribution in [0, 0.1) is 0 Å². The van der Waals surface area contributed by atoms with E-state index in [-0.39, 0.29) is 35.6 Å². The van der Waals surface area contributed by atoms with Crippen molar-refractivity contribution in [2.45, 2.75) is 56.0 Å². The molecule has 0 saturated heterocycles. The fourth-order valence-corrected chi connectivity index (χ4v) is 12.2. The van der Waals surface area contributed by atoms with E-state index < -0.39 is 23.2 Å².